The van der Waals surface area contributed by atoms with Crippen molar-refractivity contribution < 1.29 is 14.2 Å². The minimum Gasteiger partial charge on any atom is -0.497 e. The fraction of sp³-hybridized carbons (Fsp3) is 0.241. The maximum Gasteiger partial charge on any atom is 0.330 e. The fourth-order valence-electron chi connectivity index (χ4n) is 4.97. The Morgan fingerprint density at radius 3 is 2.11 bits per heavy atom. The van der Waals surface area contributed by atoms with Gasteiger partial charge in [-0.05, 0) is 28.8 Å². The van der Waals surface area contributed by atoms with E-state index in [-0.39, 0.29) is 6.61 Å². The molecule has 0 spiro atoms. The van der Waals surface area contributed by atoms with Crippen LogP contribution in [0.5, 0.6) is 5.75 Å². The van der Waals surface area contributed by atoms with Crippen molar-refractivity contribution in [2.45, 2.75) is 30.4 Å². The van der Waals surface area contributed by atoms with Gasteiger partial charge in [-0.3, -0.25) is 14.3 Å². The summed E-state index contributed by atoms with van der Waals surface area (Å²) < 4.78 is 19.7. The van der Waals surface area contributed by atoms with Crippen LogP contribution in [0.3, 0.4) is 0 Å². The van der Waals surface area contributed by atoms with E-state index < -0.39 is 35.2 Å². The second-order valence-electron chi connectivity index (χ2n) is 9.05. The second-order valence-corrected chi connectivity index (χ2v) is 9.05. The zero-order valence-corrected chi connectivity index (χ0v) is 20.8. The number of H-pyrrole nitrogens is 1. The number of benzene rings is 3. The highest BCUT2D eigenvalue weighted by Gasteiger charge is 2.42. The lowest BCUT2D eigenvalue weighted by Gasteiger charge is -2.36. The summed E-state index contributed by atoms with van der Waals surface area (Å²) in [5.41, 5.74) is 8.37. The van der Waals surface area contributed by atoms with Gasteiger partial charge in [0.05, 0.1) is 19.8 Å². The largest absolute Gasteiger partial charge is 0.497 e. The van der Waals surface area contributed by atoms with Crippen molar-refractivity contribution in [2.24, 2.45) is 5.11 Å². The van der Waals surface area contributed by atoms with Gasteiger partial charge in [-0.15, -0.1) is 0 Å². The van der Waals surface area contributed by atoms with Crippen LogP contribution in [0.1, 0.15) is 29.3 Å². The quantitative estimate of drug-likeness (QED) is 0.257. The van der Waals surface area contributed by atoms with Gasteiger partial charge in [0.2, 0.25) is 0 Å². The minimum absolute atomic E-state index is 0.163. The van der Waals surface area contributed by atoms with Gasteiger partial charge >= 0.3 is 5.69 Å². The number of hydrogen-bond donors (Lipinski definition) is 2. The van der Waals surface area contributed by atoms with E-state index in [1.165, 1.54) is 16.8 Å². The normalized spacial score (nSPS) is 19.2. The van der Waals surface area contributed by atoms with Gasteiger partial charge in [0.25, 0.3) is 5.56 Å². The first-order valence-corrected chi connectivity index (χ1v) is 12.3. The Kier molecular flexibility index (Phi) is 7.30. The SMILES string of the molecule is COc1ccc(C(OC[C@@H]2C[C@@H](N=N)[C@H](n3ccc(=O)[nH]c3=O)O2)(c2ccccc2)c2ccccc2)cc1. The van der Waals surface area contributed by atoms with Crippen molar-refractivity contribution >= 4 is 0 Å². The third-order valence-electron chi connectivity index (χ3n) is 6.80. The van der Waals surface area contributed by atoms with E-state index in [1.54, 1.807) is 7.11 Å². The molecular weight excluding hydrogens is 484 g/mol. The first kappa shape index (κ1) is 25.3. The smallest absolute Gasteiger partial charge is 0.330 e. The molecule has 3 atom stereocenters. The molecule has 3 aromatic carbocycles. The van der Waals surface area contributed by atoms with Crippen molar-refractivity contribution in [2.75, 3.05) is 13.7 Å². The van der Waals surface area contributed by atoms with Crippen molar-refractivity contribution in [3.8, 4) is 5.75 Å². The number of aromatic nitrogens is 2. The standard InChI is InChI=1S/C29H28N4O5/c1-36-23-14-12-22(13-15-23)29(20-8-4-2-5-9-20,21-10-6-3-7-11-21)37-19-24-18-25(32-30)27(38-24)33-17-16-26(34)31-28(33)35/h2-17,24-25,27,30H,18-19H2,1H3,(H,31,34,35)/t24-,25+,27+/m0/s1. The molecule has 1 fully saturated rings. The van der Waals surface area contributed by atoms with E-state index in [1.807, 2.05) is 84.9 Å². The van der Waals surface area contributed by atoms with Crippen LogP contribution in [0.25, 0.3) is 0 Å². The van der Waals surface area contributed by atoms with Crippen molar-refractivity contribution in [1.82, 2.24) is 9.55 Å². The van der Waals surface area contributed by atoms with Gasteiger partial charge in [-0.2, -0.15) is 5.11 Å². The maximum absolute atomic E-state index is 12.4. The summed E-state index contributed by atoms with van der Waals surface area (Å²) in [6.45, 7) is 0.163. The summed E-state index contributed by atoms with van der Waals surface area (Å²) in [5, 5.41) is 3.70. The minimum atomic E-state index is -0.974. The predicted octanol–water partition coefficient (Wildman–Crippen LogP) is 4.24. The molecule has 0 radical (unpaired) electrons. The van der Waals surface area contributed by atoms with Gasteiger partial charge in [0.1, 0.15) is 17.4 Å². The first-order valence-electron chi connectivity index (χ1n) is 12.3. The maximum atomic E-state index is 12.4. The van der Waals surface area contributed by atoms with Gasteiger partial charge in [-0.1, -0.05) is 72.8 Å². The zero-order valence-electron chi connectivity index (χ0n) is 20.8. The molecule has 9 nitrogen and oxygen atoms in total. The second kappa shape index (κ2) is 11.0. The molecule has 0 amide bonds. The summed E-state index contributed by atoms with van der Waals surface area (Å²) in [6, 6.07) is 28.3. The van der Waals surface area contributed by atoms with Crippen molar-refractivity contribution in [3.05, 3.63) is 135 Å². The number of nitrogens with one attached hydrogen (secondary N) is 2. The lowest BCUT2D eigenvalue weighted by molar-refractivity contribution is -0.0786. The molecule has 2 N–H and O–H groups in total. The number of aromatic amines is 1. The van der Waals surface area contributed by atoms with E-state index in [4.69, 9.17) is 19.7 Å². The molecule has 0 saturated carbocycles. The third kappa shape index (κ3) is 4.81. The summed E-state index contributed by atoms with van der Waals surface area (Å²) in [4.78, 5) is 26.2. The molecule has 0 aliphatic carbocycles. The van der Waals surface area contributed by atoms with E-state index in [0.29, 0.717) is 6.42 Å². The average molecular weight is 513 g/mol. The highest BCUT2D eigenvalue weighted by Crippen LogP contribution is 2.42. The molecule has 1 aromatic heterocycles. The van der Waals surface area contributed by atoms with Gasteiger partial charge in [0.15, 0.2) is 6.23 Å². The third-order valence-corrected chi connectivity index (χ3v) is 6.80. The lowest BCUT2D eigenvalue weighted by Crippen LogP contribution is -2.36. The Hall–Kier alpha value is -4.34. The number of ether oxygens (including phenoxy) is 3. The number of hydrogen-bond acceptors (Lipinski definition) is 7. The fourth-order valence-corrected chi connectivity index (χ4v) is 4.97. The van der Waals surface area contributed by atoms with Gasteiger partial charge < -0.3 is 14.2 Å². The number of methoxy groups -OCH3 is 1. The number of rotatable bonds is 9. The van der Waals surface area contributed by atoms with E-state index in [9.17, 15) is 9.59 Å². The van der Waals surface area contributed by atoms with Gasteiger partial charge in [0, 0.05) is 18.7 Å². The molecule has 194 valence electrons. The topological polar surface area (TPSA) is 119 Å². The first-order chi connectivity index (χ1) is 18.5. The summed E-state index contributed by atoms with van der Waals surface area (Å²) >= 11 is 0. The Morgan fingerprint density at radius 1 is 0.947 bits per heavy atom. The summed E-state index contributed by atoms with van der Waals surface area (Å²) in [7, 11) is 1.63. The molecule has 5 rings (SSSR count). The van der Waals surface area contributed by atoms with Crippen LogP contribution in [-0.4, -0.2) is 35.4 Å². The van der Waals surface area contributed by atoms with E-state index >= 15 is 0 Å². The van der Waals surface area contributed by atoms with Crippen molar-refractivity contribution in [1.29, 1.82) is 5.53 Å². The van der Waals surface area contributed by atoms with E-state index in [2.05, 4.69) is 10.1 Å². The lowest BCUT2D eigenvalue weighted by atomic mass is 9.80. The Bertz CT molecular complexity index is 1450. The Balaban J connectivity index is 1.52. The van der Waals surface area contributed by atoms with Crippen LogP contribution in [-0.2, 0) is 15.1 Å². The molecular formula is C29H28N4O5. The number of nitrogens with zero attached hydrogens (tertiary/aromatic N) is 2. The van der Waals surface area contributed by atoms with Crippen LogP contribution in [0.4, 0.5) is 0 Å². The average Bonchev–Trinajstić information content (AvgIpc) is 3.38. The molecule has 1 aliphatic heterocycles. The van der Waals surface area contributed by atoms with E-state index in [0.717, 1.165) is 22.4 Å². The summed E-state index contributed by atoms with van der Waals surface area (Å²) in [6.07, 6.45) is 0.461. The van der Waals surface area contributed by atoms with Crippen LogP contribution in [0.2, 0.25) is 0 Å². The van der Waals surface area contributed by atoms with Crippen LogP contribution >= 0.6 is 0 Å². The molecule has 0 unspecified atom stereocenters. The molecule has 4 aromatic rings. The Morgan fingerprint density at radius 2 is 1.55 bits per heavy atom. The molecule has 38 heavy (non-hydrogen) atoms. The summed E-state index contributed by atoms with van der Waals surface area (Å²) in [5.74, 6) is 0.733. The molecule has 2 heterocycles. The van der Waals surface area contributed by atoms with Crippen molar-refractivity contribution in [3.63, 3.8) is 0 Å². The highest BCUT2D eigenvalue weighted by atomic mass is 16.6. The predicted molar refractivity (Wildman–Crippen MR) is 140 cm³/mol. The molecule has 1 aliphatic rings. The monoisotopic (exact) mass is 512 g/mol. The zero-order chi connectivity index (χ0) is 26.5. The Labute approximate surface area is 219 Å². The highest BCUT2D eigenvalue weighted by molar-refractivity contribution is 5.48. The van der Waals surface area contributed by atoms with Crippen LogP contribution < -0.4 is 16.0 Å². The molecule has 0 bridgehead atoms. The molecule has 9 heteroatoms. The van der Waals surface area contributed by atoms with Crippen LogP contribution in [0, 0.1) is 5.53 Å². The van der Waals surface area contributed by atoms with Gasteiger partial charge in [-0.25, -0.2) is 10.3 Å². The van der Waals surface area contributed by atoms with Crippen LogP contribution in [0.15, 0.2) is 112 Å². The molecule has 1 saturated heterocycles.